The Kier molecular flexibility index (Phi) is 8.01. The van der Waals surface area contributed by atoms with Crippen LogP contribution in [0.5, 0.6) is 17.2 Å². The summed E-state index contributed by atoms with van der Waals surface area (Å²) in [6.07, 6.45) is 1.44. The summed E-state index contributed by atoms with van der Waals surface area (Å²) >= 11 is 6.89. The summed E-state index contributed by atoms with van der Waals surface area (Å²) in [6.45, 7) is 0.212. The van der Waals surface area contributed by atoms with Gasteiger partial charge in [0.15, 0.2) is 0 Å². The number of hydrogen-bond donors (Lipinski definition) is 2. The second-order valence-electron chi connectivity index (χ2n) is 6.61. The molecule has 0 saturated carbocycles. The topological polar surface area (TPSA) is 123 Å². The number of non-ortho nitro benzene ring substituents is 1. The zero-order chi connectivity index (χ0) is 24.0. The zero-order valence-corrected chi connectivity index (χ0v) is 20.3. The first-order valence-electron chi connectivity index (χ1n) is 9.34. The van der Waals surface area contributed by atoms with E-state index in [0.29, 0.717) is 26.0 Å². The van der Waals surface area contributed by atoms with Gasteiger partial charge in [-0.05, 0) is 79.4 Å². The van der Waals surface area contributed by atoms with Crippen molar-refractivity contribution in [3.05, 3.63) is 90.3 Å². The van der Waals surface area contributed by atoms with E-state index >= 15 is 0 Å². The average Bonchev–Trinajstić information content (AvgIpc) is 2.78. The average molecular weight is 579 g/mol. The maximum Gasteiger partial charge on any atom is 0.275 e. The molecular formula is C22H17Br2N3O6. The molecule has 0 heterocycles. The van der Waals surface area contributed by atoms with Gasteiger partial charge in [0.25, 0.3) is 11.6 Å². The fourth-order valence-electron chi connectivity index (χ4n) is 2.72. The van der Waals surface area contributed by atoms with Crippen LogP contribution in [0.15, 0.2) is 68.6 Å². The number of carbonyl (C=O) groups excluding carboxylic acids is 1. The molecule has 0 bridgehead atoms. The van der Waals surface area contributed by atoms with Crippen molar-refractivity contribution in [2.75, 3.05) is 7.11 Å². The Morgan fingerprint density at radius 1 is 1.15 bits per heavy atom. The van der Waals surface area contributed by atoms with Gasteiger partial charge in [-0.25, -0.2) is 5.43 Å². The highest BCUT2D eigenvalue weighted by Crippen LogP contribution is 2.35. The van der Waals surface area contributed by atoms with Crippen molar-refractivity contribution in [3.63, 3.8) is 0 Å². The lowest BCUT2D eigenvalue weighted by atomic mass is 10.2. The van der Waals surface area contributed by atoms with E-state index in [9.17, 15) is 20.0 Å². The van der Waals surface area contributed by atoms with Gasteiger partial charge in [-0.15, -0.1) is 0 Å². The lowest BCUT2D eigenvalue weighted by Crippen LogP contribution is -2.17. The maximum absolute atomic E-state index is 12.2. The van der Waals surface area contributed by atoms with Gasteiger partial charge in [0, 0.05) is 18.2 Å². The van der Waals surface area contributed by atoms with Crippen LogP contribution in [0.25, 0.3) is 0 Å². The summed E-state index contributed by atoms with van der Waals surface area (Å²) in [7, 11) is 1.46. The van der Waals surface area contributed by atoms with Crippen molar-refractivity contribution in [1.29, 1.82) is 0 Å². The van der Waals surface area contributed by atoms with E-state index in [1.807, 2.05) is 0 Å². The fourth-order valence-corrected chi connectivity index (χ4v) is 4.17. The third-order valence-electron chi connectivity index (χ3n) is 4.38. The number of rotatable bonds is 8. The van der Waals surface area contributed by atoms with Crippen molar-refractivity contribution in [1.82, 2.24) is 5.43 Å². The second kappa shape index (κ2) is 10.9. The number of aromatic hydroxyl groups is 1. The van der Waals surface area contributed by atoms with Gasteiger partial charge in [0.2, 0.25) is 0 Å². The normalized spacial score (nSPS) is 10.8. The fraction of sp³-hybridized carbons (Fsp3) is 0.0909. The monoisotopic (exact) mass is 577 g/mol. The molecule has 3 aromatic carbocycles. The van der Waals surface area contributed by atoms with Crippen LogP contribution in [0.1, 0.15) is 21.5 Å². The van der Waals surface area contributed by atoms with Gasteiger partial charge in [-0.1, -0.05) is 0 Å². The molecule has 1 amide bonds. The quantitative estimate of drug-likeness (QED) is 0.216. The molecule has 9 nitrogen and oxygen atoms in total. The molecule has 0 aromatic heterocycles. The lowest BCUT2D eigenvalue weighted by Gasteiger charge is -2.11. The van der Waals surface area contributed by atoms with Crippen molar-refractivity contribution >= 4 is 49.7 Å². The van der Waals surface area contributed by atoms with E-state index in [2.05, 4.69) is 42.4 Å². The van der Waals surface area contributed by atoms with Crippen LogP contribution in [0.4, 0.5) is 5.69 Å². The van der Waals surface area contributed by atoms with Crippen LogP contribution in [-0.2, 0) is 6.61 Å². The van der Waals surface area contributed by atoms with E-state index < -0.39 is 10.8 Å². The zero-order valence-electron chi connectivity index (χ0n) is 17.1. The first kappa shape index (κ1) is 24.2. The van der Waals surface area contributed by atoms with Crippen molar-refractivity contribution in [2.24, 2.45) is 5.10 Å². The molecular weight excluding hydrogens is 562 g/mol. The Morgan fingerprint density at radius 3 is 2.39 bits per heavy atom. The maximum atomic E-state index is 12.2. The van der Waals surface area contributed by atoms with Crippen LogP contribution in [0, 0.1) is 10.1 Å². The first-order chi connectivity index (χ1) is 15.8. The van der Waals surface area contributed by atoms with E-state index in [1.54, 1.807) is 30.3 Å². The van der Waals surface area contributed by atoms with Gasteiger partial charge in [0.05, 0.1) is 32.8 Å². The minimum Gasteiger partial charge on any atom is -0.507 e. The van der Waals surface area contributed by atoms with Crippen LogP contribution in [0.3, 0.4) is 0 Å². The van der Waals surface area contributed by atoms with Gasteiger partial charge in [-0.2, -0.15) is 5.10 Å². The number of phenols is 1. The molecule has 170 valence electrons. The number of halogens is 2. The van der Waals surface area contributed by atoms with Crippen molar-refractivity contribution < 1.29 is 24.3 Å². The number of carbonyl (C=O) groups is 1. The third kappa shape index (κ3) is 6.30. The Labute approximate surface area is 205 Å². The lowest BCUT2D eigenvalue weighted by molar-refractivity contribution is -0.384. The predicted molar refractivity (Wildman–Crippen MR) is 129 cm³/mol. The molecule has 3 aromatic rings. The summed E-state index contributed by atoms with van der Waals surface area (Å²) in [5.41, 5.74) is 3.87. The molecule has 0 fully saturated rings. The van der Waals surface area contributed by atoms with Crippen LogP contribution in [0.2, 0.25) is 0 Å². The number of ether oxygens (including phenoxy) is 2. The molecule has 0 saturated heterocycles. The van der Waals surface area contributed by atoms with Crippen LogP contribution >= 0.6 is 31.9 Å². The Bertz CT molecular complexity index is 1190. The first-order valence-corrected chi connectivity index (χ1v) is 10.9. The number of hydrogen-bond acceptors (Lipinski definition) is 7. The smallest absolute Gasteiger partial charge is 0.275 e. The summed E-state index contributed by atoms with van der Waals surface area (Å²) in [6, 6.07) is 13.9. The van der Waals surface area contributed by atoms with Gasteiger partial charge < -0.3 is 14.6 Å². The number of nitro groups is 1. The third-order valence-corrected chi connectivity index (χ3v) is 5.56. The van der Waals surface area contributed by atoms with E-state index in [0.717, 1.165) is 5.56 Å². The molecule has 0 atom stereocenters. The summed E-state index contributed by atoms with van der Waals surface area (Å²) < 4.78 is 12.1. The van der Waals surface area contributed by atoms with Crippen LogP contribution < -0.4 is 14.9 Å². The number of nitrogens with one attached hydrogen (secondary N) is 1. The number of methoxy groups -OCH3 is 1. The van der Waals surface area contributed by atoms with Gasteiger partial charge in [0.1, 0.15) is 23.9 Å². The number of hydrazone groups is 1. The van der Waals surface area contributed by atoms with Crippen LogP contribution in [-0.4, -0.2) is 29.3 Å². The van der Waals surface area contributed by atoms with E-state index in [1.165, 1.54) is 37.6 Å². The van der Waals surface area contributed by atoms with Crippen molar-refractivity contribution in [2.45, 2.75) is 6.61 Å². The number of amides is 1. The second-order valence-corrected chi connectivity index (χ2v) is 8.32. The van der Waals surface area contributed by atoms with Gasteiger partial charge >= 0.3 is 0 Å². The standard InChI is InChI=1S/C22H17Br2N3O6/c1-32-16-6-7-17(20(28)10-16)22(29)26-25-11-14-8-18(23)21(19(24)9-14)33-12-13-2-4-15(5-3-13)27(30)31/h2-11,28H,12H2,1H3,(H,26,29)/b25-11-. The highest BCUT2D eigenvalue weighted by Gasteiger charge is 2.12. The number of phenolic OH excluding ortho intramolecular Hbond substituents is 1. The molecule has 11 heteroatoms. The van der Waals surface area contributed by atoms with E-state index in [4.69, 9.17) is 9.47 Å². The largest absolute Gasteiger partial charge is 0.507 e. The van der Waals surface area contributed by atoms with E-state index in [-0.39, 0.29) is 23.6 Å². The molecule has 0 aliphatic rings. The highest BCUT2D eigenvalue weighted by molar-refractivity contribution is 9.11. The SMILES string of the molecule is COc1ccc(C(=O)N/N=C\c2cc(Br)c(OCc3ccc([N+](=O)[O-])cc3)c(Br)c2)c(O)c1. The minimum absolute atomic E-state index is 0.0130. The Morgan fingerprint density at radius 2 is 1.82 bits per heavy atom. The molecule has 3 rings (SSSR count). The summed E-state index contributed by atoms with van der Waals surface area (Å²) in [4.78, 5) is 22.5. The number of nitro benzene ring substituents is 1. The Hall–Kier alpha value is -3.44. The minimum atomic E-state index is -0.576. The molecule has 0 unspecified atom stereocenters. The van der Waals surface area contributed by atoms with Crippen molar-refractivity contribution in [3.8, 4) is 17.2 Å². The number of benzene rings is 3. The number of nitrogens with zero attached hydrogens (tertiary/aromatic N) is 2. The molecule has 0 spiro atoms. The summed E-state index contributed by atoms with van der Waals surface area (Å²) in [5, 5.41) is 24.6. The van der Waals surface area contributed by atoms with Gasteiger partial charge in [-0.3, -0.25) is 14.9 Å². The Balaban J connectivity index is 1.64. The molecule has 33 heavy (non-hydrogen) atoms. The molecule has 0 aliphatic carbocycles. The highest BCUT2D eigenvalue weighted by atomic mass is 79.9. The molecule has 2 N–H and O–H groups in total. The summed E-state index contributed by atoms with van der Waals surface area (Å²) in [5.74, 6) is 0.172. The predicted octanol–water partition coefficient (Wildman–Crippen LogP) is 5.18. The molecule has 0 aliphatic heterocycles. The molecule has 0 radical (unpaired) electrons.